The fraction of sp³-hybridized carbons (Fsp3) is 0.526. The summed E-state index contributed by atoms with van der Waals surface area (Å²) in [6.45, 7) is 5.63. The van der Waals surface area contributed by atoms with Gasteiger partial charge >= 0.3 is 6.03 Å². The zero-order valence-corrected chi connectivity index (χ0v) is 18.0. The third kappa shape index (κ3) is 5.82. The number of urea groups is 1. The van der Waals surface area contributed by atoms with E-state index in [0.717, 1.165) is 38.4 Å². The Kier molecular flexibility index (Phi) is 8.33. The molecule has 0 aliphatic carbocycles. The first-order valence-electron chi connectivity index (χ1n) is 9.32. The Labute approximate surface area is 177 Å². The number of hydrogen-bond donors (Lipinski definition) is 2. The van der Waals surface area contributed by atoms with Gasteiger partial charge in [-0.3, -0.25) is 14.7 Å². The van der Waals surface area contributed by atoms with Crippen LogP contribution in [0.2, 0.25) is 0 Å². The molecule has 3 rings (SSSR count). The molecule has 27 heavy (non-hydrogen) atoms. The molecule has 1 aromatic rings. The van der Waals surface area contributed by atoms with Gasteiger partial charge in [0.2, 0.25) is 5.91 Å². The van der Waals surface area contributed by atoms with Crippen molar-refractivity contribution in [2.75, 3.05) is 39.3 Å². The Bertz CT molecular complexity index is 651. The highest BCUT2D eigenvalue weighted by Crippen LogP contribution is 2.20. The van der Waals surface area contributed by atoms with Crippen LogP contribution in [-0.2, 0) is 11.2 Å². The predicted octanol–water partition coefficient (Wildman–Crippen LogP) is 1.69. The number of halogens is 1. The minimum atomic E-state index is -0.320. The number of guanidine groups is 1. The smallest absolute Gasteiger partial charge is 0.324 e. The van der Waals surface area contributed by atoms with Crippen LogP contribution in [0.15, 0.2) is 35.3 Å². The van der Waals surface area contributed by atoms with Crippen molar-refractivity contribution in [3.05, 3.63) is 35.9 Å². The molecule has 2 aliphatic heterocycles. The van der Waals surface area contributed by atoms with Gasteiger partial charge in [0.15, 0.2) is 5.96 Å². The average molecular weight is 485 g/mol. The van der Waals surface area contributed by atoms with Crippen molar-refractivity contribution in [3.8, 4) is 0 Å². The summed E-state index contributed by atoms with van der Waals surface area (Å²) in [6.07, 6.45) is 2.23. The van der Waals surface area contributed by atoms with Crippen molar-refractivity contribution in [3.63, 3.8) is 0 Å². The summed E-state index contributed by atoms with van der Waals surface area (Å²) in [4.78, 5) is 31.3. The van der Waals surface area contributed by atoms with E-state index < -0.39 is 0 Å². The van der Waals surface area contributed by atoms with Crippen LogP contribution in [0.25, 0.3) is 0 Å². The van der Waals surface area contributed by atoms with E-state index >= 15 is 0 Å². The molecule has 2 saturated heterocycles. The molecule has 0 saturated carbocycles. The van der Waals surface area contributed by atoms with Crippen LogP contribution in [0.4, 0.5) is 4.79 Å². The number of nitrogens with zero attached hydrogens (tertiary/aromatic N) is 3. The number of aliphatic imine (C=N–C) groups is 1. The summed E-state index contributed by atoms with van der Waals surface area (Å²) in [5.41, 5.74) is 1.37. The van der Waals surface area contributed by atoms with Crippen LogP contribution in [0.5, 0.6) is 0 Å². The van der Waals surface area contributed by atoms with Crippen molar-refractivity contribution < 1.29 is 9.59 Å². The topological polar surface area (TPSA) is 77.0 Å². The quantitative estimate of drug-likeness (QED) is 0.278. The Morgan fingerprint density at radius 1 is 1.30 bits per heavy atom. The lowest BCUT2D eigenvalue weighted by molar-refractivity contribution is -0.124. The van der Waals surface area contributed by atoms with Gasteiger partial charge in [-0.2, -0.15) is 0 Å². The number of hydrogen-bond acceptors (Lipinski definition) is 3. The van der Waals surface area contributed by atoms with Crippen molar-refractivity contribution in [2.45, 2.75) is 19.8 Å². The van der Waals surface area contributed by atoms with Crippen LogP contribution >= 0.6 is 24.0 Å². The Balaban J connectivity index is 0.00000261. The second kappa shape index (κ2) is 10.5. The van der Waals surface area contributed by atoms with Gasteiger partial charge in [0.25, 0.3) is 0 Å². The normalized spacial score (nSPS) is 19.9. The largest absolute Gasteiger partial charge is 0.357 e. The van der Waals surface area contributed by atoms with E-state index in [1.807, 2.05) is 13.0 Å². The predicted molar refractivity (Wildman–Crippen MR) is 116 cm³/mol. The highest BCUT2D eigenvalue weighted by molar-refractivity contribution is 14.0. The molecule has 0 spiro atoms. The van der Waals surface area contributed by atoms with Crippen molar-refractivity contribution in [1.82, 2.24) is 20.4 Å². The zero-order chi connectivity index (χ0) is 18.4. The minimum absolute atomic E-state index is 0. The second-order valence-electron chi connectivity index (χ2n) is 6.73. The molecule has 2 N–H and O–H groups in total. The lowest BCUT2D eigenvalue weighted by Crippen LogP contribution is -2.41. The first-order chi connectivity index (χ1) is 12.7. The summed E-state index contributed by atoms with van der Waals surface area (Å²) in [6, 6.07) is 10.3. The molecule has 7 nitrogen and oxygen atoms in total. The fourth-order valence-electron chi connectivity index (χ4n) is 3.50. The molecule has 1 atom stereocenters. The van der Waals surface area contributed by atoms with Gasteiger partial charge < -0.3 is 15.5 Å². The van der Waals surface area contributed by atoms with Crippen LogP contribution < -0.4 is 10.6 Å². The SMILES string of the molecule is CCNC(=NCCN1C(=O)CNC1=O)N1CCC(Cc2ccccc2)C1.I. The van der Waals surface area contributed by atoms with Gasteiger partial charge in [-0.25, -0.2) is 4.79 Å². The van der Waals surface area contributed by atoms with Gasteiger partial charge in [0.05, 0.1) is 19.6 Å². The number of imide groups is 1. The standard InChI is InChI=1S/C19H27N5O2.HI/c1-2-20-18(21-9-11-24-17(25)13-22-19(24)26)23-10-8-16(14-23)12-15-6-4-3-5-7-15;/h3-7,16H,2,8-14H2,1H3,(H,20,21)(H,22,26);1H. The molecule has 0 radical (unpaired) electrons. The van der Waals surface area contributed by atoms with E-state index in [1.54, 1.807) is 0 Å². The van der Waals surface area contributed by atoms with Gasteiger partial charge in [-0.15, -0.1) is 24.0 Å². The average Bonchev–Trinajstić information content (AvgIpc) is 3.23. The number of rotatable bonds is 6. The molecule has 0 bridgehead atoms. The van der Waals surface area contributed by atoms with E-state index in [2.05, 4.69) is 44.8 Å². The van der Waals surface area contributed by atoms with E-state index in [4.69, 9.17) is 0 Å². The lowest BCUT2D eigenvalue weighted by Gasteiger charge is -2.22. The third-order valence-corrected chi connectivity index (χ3v) is 4.81. The molecular formula is C19H28IN5O2. The maximum Gasteiger partial charge on any atom is 0.324 e. The number of carbonyl (C=O) groups excluding carboxylic acids is 2. The molecule has 8 heteroatoms. The molecule has 2 heterocycles. The van der Waals surface area contributed by atoms with Gasteiger partial charge in [0, 0.05) is 19.6 Å². The summed E-state index contributed by atoms with van der Waals surface area (Å²) in [5.74, 6) is 1.31. The molecule has 1 unspecified atom stereocenters. The highest BCUT2D eigenvalue weighted by atomic mass is 127. The summed E-state index contributed by atoms with van der Waals surface area (Å²) >= 11 is 0. The van der Waals surface area contributed by atoms with Crippen LogP contribution in [0.1, 0.15) is 18.9 Å². The molecule has 0 aromatic heterocycles. The number of amides is 3. The summed E-state index contributed by atoms with van der Waals surface area (Å²) in [5, 5.41) is 5.86. The number of nitrogens with one attached hydrogen (secondary N) is 2. The third-order valence-electron chi connectivity index (χ3n) is 4.81. The van der Waals surface area contributed by atoms with Crippen molar-refractivity contribution in [2.24, 2.45) is 10.9 Å². The summed E-state index contributed by atoms with van der Waals surface area (Å²) < 4.78 is 0. The minimum Gasteiger partial charge on any atom is -0.357 e. The number of carbonyl (C=O) groups is 2. The monoisotopic (exact) mass is 485 g/mol. The Hall–Kier alpha value is -1.84. The van der Waals surface area contributed by atoms with Crippen LogP contribution in [0, 0.1) is 5.92 Å². The van der Waals surface area contributed by atoms with E-state index in [1.165, 1.54) is 10.5 Å². The fourth-order valence-corrected chi connectivity index (χ4v) is 3.50. The summed E-state index contributed by atoms with van der Waals surface area (Å²) in [7, 11) is 0. The molecular weight excluding hydrogens is 457 g/mol. The molecule has 1 aromatic carbocycles. The van der Waals surface area contributed by atoms with Crippen molar-refractivity contribution in [1.29, 1.82) is 0 Å². The lowest BCUT2D eigenvalue weighted by atomic mass is 9.99. The van der Waals surface area contributed by atoms with Gasteiger partial charge in [0.1, 0.15) is 0 Å². The van der Waals surface area contributed by atoms with Crippen LogP contribution in [-0.4, -0.2) is 67.0 Å². The maximum absolute atomic E-state index is 11.6. The van der Waals surface area contributed by atoms with Gasteiger partial charge in [-0.05, 0) is 31.2 Å². The highest BCUT2D eigenvalue weighted by Gasteiger charge is 2.28. The Morgan fingerprint density at radius 2 is 2.07 bits per heavy atom. The number of likely N-dealkylation sites (tertiary alicyclic amines) is 1. The zero-order valence-electron chi connectivity index (χ0n) is 15.7. The van der Waals surface area contributed by atoms with Crippen molar-refractivity contribution >= 4 is 41.9 Å². The van der Waals surface area contributed by atoms with E-state index in [-0.39, 0.29) is 42.5 Å². The van der Waals surface area contributed by atoms with E-state index in [9.17, 15) is 9.59 Å². The molecule has 2 fully saturated rings. The van der Waals surface area contributed by atoms with Crippen LogP contribution in [0.3, 0.4) is 0 Å². The Morgan fingerprint density at radius 3 is 2.74 bits per heavy atom. The number of benzene rings is 1. The first-order valence-corrected chi connectivity index (χ1v) is 9.32. The first kappa shape index (κ1) is 21.5. The molecule has 2 aliphatic rings. The molecule has 148 valence electrons. The van der Waals surface area contributed by atoms with E-state index in [0.29, 0.717) is 19.0 Å². The second-order valence-corrected chi connectivity index (χ2v) is 6.73. The maximum atomic E-state index is 11.6. The van der Waals surface area contributed by atoms with Gasteiger partial charge in [-0.1, -0.05) is 30.3 Å². The molecule has 3 amide bonds.